The number of para-hydroxylation sites is 1. The van der Waals surface area contributed by atoms with Gasteiger partial charge >= 0.3 is 0 Å². The van der Waals surface area contributed by atoms with E-state index in [1.807, 2.05) is 30.3 Å². The number of hydrogen-bond acceptors (Lipinski definition) is 3. The van der Waals surface area contributed by atoms with Crippen LogP contribution < -0.4 is 10.1 Å². The molecule has 0 unspecified atom stereocenters. The molecule has 1 aliphatic heterocycles. The molecule has 1 heterocycles. The Hall–Kier alpha value is -2.33. The fourth-order valence-electron chi connectivity index (χ4n) is 3.94. The smallest absolute Gasteiger partial charge is 0.251 e. The zero-order chi connectivity index (χ0) is 19.8. The third kappa shape index (κ3) is 5.83. The molecule has 4 nitrogen and oxygen atoms in total. The number of rotatable bonds is 8. The molecule has 0 aliphatic carbocycles. The van der Waals surface area contributed by atoms with Crippen molar-refractivity contribution in [2.45, 2.75) is 39.2 Å². The number of nitrogens with one attached hydrogen (secondary N) is 1. The lowest BCUT2D eigenvalue weighted by Crippen LogP contribution is -2.33. The van der Waals surface area contributed by atoms with E-state index in [-0.39, 0.29) is 5.91 Å². The molecule has 2 aromatic rings. The lowest BCUT2D eigenvalue weighted by molar-refractivity contribution is 0.0953. The Balaban J connectivity index is 1.43. The summed E-state index contributed by atoms with van der Waals surface area (Å²) in [4.78, 5) is 14.9. The minimum absolute atomic E-state index is 0.00169. The number of nitrogens with zero attached hydrogens (tertiary/aromatic N) is 1. The largest absolute Gasteiger partial charge is 0.496 e. The van der Waals surface area contributed by atoms with Gasteiger partial charge in [0, 0.05) is 25.2 Å². The van der Waals surface area contributed by atoms with Crippen LogP contribution in [0.25, 0.3) is 0 Å². The number of ether oxygens (including phenoxy) is 1. The van der Waals surface area contributed by atoms with Gasteiger partial charge in [-0.25, -0.2) is 0 Å². The Kier molecular flexibility index (Phi) is 7.49. The zero-order valence-corrected chi connectivity index (χ0v) is 17.1. The molecule has 4 heteroatoms. The van der Waals surface area contributed by atoms with E-state index in [0.29, 0.717) is 6.54 Å². The van der Waals surface area contributed by atoms with E-state index in [1.54, 1.807) is 7.11 Å². The van der Waals surface area contributed by atoms with Gasteiger partial charge in [-0.3, -0.25) is 9.69 Å². The van der Waals surface area contributed by atoms with Gasteiger partial charge in [-0.2, -0.15) is 0 Å². The van der Waals surface area contributed by atoms with Crippen LogP contribution in [-0.2, 0) is 13.0 Å². The first-order valence-corrected chi connectivity index (χ1v) is 10.4. The second-order valence-corrected chi connectivity index (χ2v) is 7.85. The number of piperidine rings is 1. The third-order valence-corrected chi connectivity index (χ3v) is 5.46. The van der Waals surface area contributed by atoms with Crippen molar-refractivity contribution in [3.8, 4) is 5.75 Å². The molecule has 1 aliphatic rings. The Morgan fingerprint density at radius 2 is 1.96 bits per heavy atom. The Morgan fingerprint density at radius 3 is 2.71 bits per heavy atom. The maximum atomic E-state index is 12.4. The highest BCUT2D eigenvalue weighted by Crippen LogP contribution is 2.19. The van der Waals surface area contributed by atoms with Crippen LogP contribution in [0.2, 0.25) is 0 Å². The molecule has 1 fully saturated rings. The minimum Gasteiger partial charge on any atom is -0.496 e. The van der Waals surface area contributed by atoms with Gasteiger partial charge in [0.15, 0.2) is 0 Å². The first kappa shape index (κ1) is 20.4. The van der Waals surface area contributed by atoms with Crippen molar-refractivity contribution in [3.63, 3.8) is 0 Å². The molecule has 150 valence electrons. The maximum Gasteiger partial charge on any atom is 0.251 e. The predicted octanol–water partition coefficient (Wildman–Crippen LogP) is 4.29. The summed E-state index contributed by atoms with van der Waals surface area (Å²) in [5.74, 6) is 1.69. The van der Waals surface area contributed by atoms with Crippen LogP contribution in [0.4, 0.5) is 0 Å². The van der Waals surface area contributed by atoms with Crippen molar-refractivity contribution in [2.24, 2.45) is 5.92 Å². The van der Waals surface area contributed by atoms with Crippen molar-refractivity contribution in [1.29, 1.82) is 0 Å². The van der Waals surface area contributed by atoms with Gasteiger partial charge in [0.2, 0.25) is 0 Å². The quantitative estimate of drug-likeness (QED) is 0.695. The molecule has 1 saturated heterocycles. The predicted molar refractivity (Wildman–Crippen MR) is 114 cm³/mol. The Morgan fingerprint density at radius 1 is 1.18 bits per heavy atom. The highest BCUT2D eigenvalue weighted by molar-refractivity contribution is 5.94. The van der Waals surface area contributed by atoms with Gasteiger partial charge in [-0.15, -0.1) is 0 Å². The van der Waals surface area contributed by atoms with E-state index >= 15 is 0 Å². The lowest BCUT2D eigenvalue weighted by atomic mass is 9.99. The monoisotopic (exact) mass is 380 g/mol. The molecule has 0 radical (unpaired) electrons. The molecular weight excluding hydrogens is 348 g/mol. The van der Waals surface area contributed by atoms with Crippen LogP contribution in [0, 0.1) is 5.92 Å². The van der Waals surface area contributed by atoms with Crippen molar-refractivity contribution >= 4 is 5.91 Å². The number of amides is 1. The molecule has 3 rings (SSSR count). The fraction of sp³-hybridized carbons (Fsp3) is 0.458. The number of methoxy groups -OCH3 is 1. The number of hydrogen-bond donors (Lipinski definition) is 1. The molecule has 28 heavy (non-hydrogen) atoms. The summed E-state index contributed by atoms with van der Waals surface area (Å²) in [6, 6.07) is 16.1. The van der Waals surface area contributed by atoms with E-state index in [0.717, 1.165) is 36.6 Å². The van der Waals surface area contributed by atoms with Crippen LogP contribution >= 0.6 is 0 Å². The summed E-state index contributed by atoms with van der Waals surface area (Å²) < 4.78 is 5.37. The standard InChI is InChI=1S/C24H32N2O2/c1-19-7-6-16-26(17-19)18-20-11-13-22(14-12-20)24(27)25-15-5-9-21-8-3-4-10-23(21)28-2/h3-4,8,10-14,19H,5-7,9,15-18H2,1-2H3,(H,25,27)/t19-/m1/s1. The fourth-order valence-corrected chi connectivity index (χ4v) is 3.94. The number of aryl methyl sites for hydroxylation is 1. The summed E-state index contributed by atoms with van der Waals surface area (Å²) in [6.07, 6.45) is 4.40. The van der Waals surface area contributed by atoms with E-state index in [9.17, 15) is 4.79 Å². The normalized spacial score (nSPS) is 17.3. The molecule has 0 saturated carbocycles. The molecule has 0 bridgehead atoms. The summed E-state index contributed by atoms with van der Waals surface area (Å²) in [5, 5.41) is 3.02. The topological polar surface area (TPSA) is 41.6 Å². The first-order valence-electron chi connectivity index (χ1n) is 10.4. The number of likely N-dealkylation sites (tertiary alicyclic amines) is 1. The van der Waals surface area contributed by atoms with Crippen LogP contribution in [0.15, 0.2) is 48.5 Å². The van der Waals surface area contributed by atoms with Crippen molar-refractivity contribution < 1.29 is 9.53 Å². The minimum atomic E-state index is -0.00169. The molecule has 1 N–H and O–H groups in total. The second kappa shape index (κ2) is 10.3. The molecule has 0 aromatic heterocycles. The van der Waals surface area contributed by atoms with Gasteiger partial charge < -0.3 is 10.1 Å². The third-order valence-electron chi connectivity index (χ3n) is 5.46. The summed E-state index contributed by atoms with van der Waals surface area (Å²) in [5.41, 5.74) is 3.19. The molecular formula is C24H32N2O2. The van der Waals surface area contributed by atoms with E-state index in [1.165, 1.54) is 37.1 Å². The lowest BCUT2D eigenvalue weighted by Gasteiger charge is -2.30. The highest BCUT2D eigenvalue weighted by Gasteiger charge is 2.16. The summed E-state index contributed by atoms with van der Waals surface area (Å²) in [7, 11) is 1.69. The van der Waals surface area contributed by atoms with E-state index in [2.05, 4.69) is 35.3 Å². The second-order valence-electron chi connectivity index (χ2n) is 7.85. The SMILES string of the molecule is COc1ccccc1CCCNC(=O)c1ccc(CN2CCC[C@@H](C)C2)cc1. The van der Waals surface area contributed by atoms with Gasteiger partial charge in [0.1, 0.15) is 5.75 Å². The Bertz CT molecular complexity index is 757. The van der Waals surface area contributed by atoms with Crippen LogP contribution in [0.3, 0.4) is 0 Å². The number of benzene rings is 2. The van der Waals surface area contributed by atoms with Gasteiger partial charge in [-0.1, -0.05) is 37.3 Å². The van der Waals surface area contributed by atoms with Crippen LogP contribution in [0.5, 0.6) is 5.75 Å². The molecule has 1 atom stereocenters. The number of carbonyl (C=O) groups is 1. The van der Waals surface area contributed by atoms with Gasteiger partial charge in [0.05, 0.1) is 7.11 Å². The van der Waals surface area contributed by atoms with Crippen LogP contribution in [-0.4, -0.2) is 37.6 Å². The van der Waals surface area contributed by atoms with E-state index < -0.39 is 0 Å². The van der Waals surface area contributed by atoms with Crippen LogP contribution in [0.1, 0.15) is 47.7 Å². The maximum absolute atomic E-state index is 12.4. The van der Waals surface area contributed by atoms with Gasteiger partial charge in [0.25, 0.3) is 5.91 Å². The molecule has 1 amide bonds. The van der Waals surface area contributed by atoms with Crippen molar-refractivity contribution in [1.82, 2.24) is 10.2 Å². The number of carbonyl (C=O) groups excluding carboxylic acids is 1. The van der Waals surface area contributed by atoms with Crippen molar-refractivity contribution in [2.75, 3.05) is 26.7 Å². The average molecular weight is 381 g/mol. The molecule has 0 spiro atoms. The zero-order valence-electron chi connectivity index (χ0n) is 17.1. The molecule has 2 aromatic carbocycles. The average Bonchev–Trinajstić information content (AvgIpc) is 2.72. The van der Waals surface area contributed by atoms with Gasteiger partial charge in [-0.05, 0) is 67.5 Å². The van der Waals surface area contributed by atoms with E-state index in [4.69, 9.17) is 4.74 Å². The summed E-state index contributed by atoms with van der Waals surface area (Å²) in [6.45, 7) is 6.32. The highest BCUT2D eigenvalue weighted by atomic mass is 16.5. The van der Waals surface area contributed by atoms with Crippen molar-refractivity contribution in [3.05, 3.63) is 65.2 Å². The summed E-state index contributed by atoms with van der Waals surface area (Å²) >= 11 is 0. The first-order chi connectivity index (χ1) is 13.7. The Labute approximate surface area is 168 Å².